The van der Waals surface area contributed by atoms with Gasteiger partial charge in [-0.3, -0.25) is 60.0 Å². The van der Waals surface area contributed by atoms with Crippen LogP contribution in [0.2, 0.25) is 0 Å². The Labute approximate surface area is 287 Å². The number of carbonyl (C=O) groups is 1. The second kappa shape index (κ2) is 13.7. The molecular weight excluding hydrogens is 736 g/mol. The second-order valence-corrected chi connectivity index (χ2v) is 13.1. The van der Waals surface area contributed by atoms with Crippen molar-refractivity contribution in [3.63, 3.8) is 0 Å². The van der Waals surface area contributed by atoms with E-state index < -0.39 is 90.1 Å². The Hall–Kier alpha value is -7.02. The van der Waals surface area contributed by atoms with Crippen LogP contribution in [0.5, 0.6) is 5.75 Å². The van der Waals surface area contributed by atoms with E-state index in [1.165, 1.54) is 30.3 Å². The summed E-state index contributed by atoms with van der Waals surface area (Å²) in [5.74, 6) is -2.13. The molecule has 4 aromatic carbocycles. The van der Waals surface area contributed by atoms with Gasteiger partial charge in [-0.15, -0.1) is 0 Å². The number of hydrogen-bond donors (Lipinski definition) is 6. The summed E-state index contributed by atoms with van der Waals surface area (Å²) >= 11 is 0. The molecule has 0 amide bonds. The Morgan fingerprint density at radius 3 is 1.98 bits per heavy atom. The lowest BCUT2D eigenvalue weighted by molar-refractivity contribution is -0.386. The van der Waals surface area contributed by atoms with E-state index in [1.54, 1.807) is 0 Å². The predicted molar refractivity (Wildman–Crippen MR) is 179 cm³/mol. The number of allylic oxidation sites excluding steroid dienone is 1. The van der Waals surface area contributed by atoms with Crippen LogP contribution in [0.1, 0.15) is 15.9 Å². The van der Waals surface area contributed by atoms with Crippen LogP contribution < -0.4 is 37.8 Å². The van der Waals surface area contributed by atoms with Gasteiger partial charge in [0.2, 0.25) is 22.4 Å². The van der Waals surface area contributed by atoms with Crippen molar-refractivity contribution in [2.45, 2.75) is 4.90 Å². The van der Waals surface area contributed by atoms with Crippen molar-refractivity contribution in [2.24, 2.45) is 15.3 Å². The molecule has 0 aromatic heterocycles. The number of carbonyl (C=O) groups excluding carboxylic acids is 1. The van der Waals surface area contributed by atoms with Gasteiger partial charge in [-0.25, -0.2) is 0 Å². The smallest absolute Gasteiger partial charge is 0.314 e. The highest BCUT2D eigenvalue weighted by molar-refractivity contribution is 7.91. The third-order valence-electron chi connectivity index (χ3n) is 6.91. The van der Waals surface area contributed by atoms with Crippen molar-refractivity contribution in [1.82, 2.24) is 0 Å². The number of nitrogens with zero attached hydrogens (tertiary/aromatic N) is 5. The number of hydrogen-bond acceptors (Lipinski definition) is 18. The zero-order chi connectivity index (χ0) is 38.1. The molecule has 0 saturated carbocycles. The zero-order valence-corrected chi connectivity index (χ0v) is 26.9. The first-order valence-electron chi connectivity index (χ1n) is 13.7. The summed E-state index contributed by atoms with van der Waals surface area (Å²) in [6.45, 7) is 0. The lowest BCUT2D eigenvalue weighted by atomic mass is 9.94. The summed E-state index contributed by atoms with van der Waals surface area (Å²) in [6, 6.07) is 11.2. The maximum absolute atomic E-state index is 13.4. The molecule has 5 rings (SSSR count). The summed E-state index contributed by atoms with van der Waals surface area (Å²) < 4.78 is 66.4. The summed E-state index contributed by atoms with van der Waals surface area (Å²) in [5, 5.41) is 42.2. The first kappa shape index (κ1) is 36.3. The number of nitro groups is 2. The fourth-order valence-electron chi connectivity index (χ4n) is 4.42. The van der Waals surface area contributed by atoms with Crippen LogP contribution in [0, 0.1) is 20.2 Å². The Bertz CT molecular complexity index is 2740. The van der Waals surface area contributed by atoms with Gasteiger partial charge in [0, 0.05) is 23.8 Å². The number of phenols is 1. The van der Waals surface area contributed by atoms with Crippen molar-refractivity contribution in [2.75, 3.05) is 16.3 Å². The molecule has 1 aliphatic rings. The number of benzene rings is 4. The first-order chi connectivity index (χ1) is 24.3. The summed E-state index contributed by atoms with van der Waals surface area (Å²) in [5.41, 5.74) is 1.88. The fraction of sp³-hybridized carbons (Fsp3) is 0. The standard InChI is InChI=1S/C28H18N8O14S2/c37-22-8-7-19(28(40)24(22)33-32-20-11-17(51(45,46)47)12-21(27(20)39)36(43)44)31-30-15-2-1-13-9-23(52(48,49)50)25(26(38)18(13)10-15)34-29-14-3-5-16(6-4-14)35(41)42/h1-12,29-30,32,39H,(H,45,46,47)(H,48,49,50)/b31-19+,33-24-,34-25-. The van der Waals surface area contributed by atoms with E-state index in [2.05, 4.69) is 26.2 Å². The molecule has 24 heteroatoms. The van der Waals surface area contributed by atoms with Gasteiger partial charge >= 0.3 is 5.69 Å². The number of aromatic hydroxyl groups is 1. The normalized spacial score (nSPS) is 14.5. The fourth-order valence-corrected chi connectivity index (χ4v) is 5.61. The number of nitrogens with one attached hydrogen (secondary N) is 3. The number of ketones is 1. The van der Waals surface area contributed by atoms with E-state index >= 15 is 0 Å². The van der Waals surface area contributed by atoms with Gasteiger partial charge in [-0.1, -0.05) is 6.07 Å². The molecule has 0 spiro atoms. The molecule has 0 atom stereocenters. The van der Waals surface area contributed by atoms with Gasteiger partial charge in [-0.05, 0) is 54.1 Å². The first-order valence-corrected chi connectivity index (χ1v) is 16.6. The van der Waals surface area contributed by atoms with Gasteiger partial charge in [0.05, 0.1) is 21.2 Å². The Kier molecular flexibility index (Phi) is 9.56. The Morgan fingerprint density at radius 1 is 0.712 bits per heavy atom. The number of anilines is 3. The molecule has 6 N–H and O–H groups in total. The molecule has 0 bridgehead atoms. The molecule has 266 valence electrons. The Balaban J connectivity index is 1.48. The number of rotatable bonds is 10. The van der Waals surface area contributed by atoms with Gasteiger partial charge in [0.25, 0.3) is 25.9 Å². The third kappa shape index (κ3) is 7.58. The molecule has 1 aliphatic carbocycles. The van der Waals surface area contributed by atoms with Gasteiger partial charge in [0.15, 0.2) is 11.1 Å². The number of hydrazone groups is 1. The van der Waals surface area contributed by atoms with E-state index in [9.17, 15) is 65.7 Å². The second-order valence-electron chi connectivity index (χ2n) is 10.3. The minimum Gasteiger partial charge on any atom is -0.501 e. The van der Waals surface area contributed by atoms with Crippen LogP contribution in [0.25, 0.3) is 6.08 Å². The predicted octanol–water partition coefficient (Wildman–Crippen LogP) is 0.800. The van der Waals surface area contributed by atoms with E-state index in [-0.39, 0.29) is 28.2 Å². The molecule has 52 heavy (non-hydrogen) atoms. The van der Waals surface area contributed by atoms with Crippen LogP contribution >= 0.6 is 0 Å². The molecule has 0 fully saturated rings. The lowest BCUT2D eigenvalue weighted by Gasteiger charge is -2.17. The average Bonchev–Trinajstić information content (AvgIpc) is 3.07. The monoisotopic (exact) mass is 754 g/mol. The molecule has 0 unspecified atom stereocenters. The van der Waals surface area contributed by atoms with Crippen molar-refractivity contribution in [1.29, 1.82) is 0 Å². The highest BCUT2D eigenvalue weighted by atomic mass is 32.2. The summed E-state index contributed by atoms with van der Waals surface area (Å²) in [6.07, 6.45) is 0.963. The van der Waals surface area contributed by atoms with Crippen molar-refractivity contribution >= 4 is 66.2 Å². The van der Waals surface area contributed by atoms with Crippen molar-refractivity contribution < 1.29 is 45.7 Å². The largest absolute Gasteiger partial charge is 0.501 e. The molecule has 4 aromatic rings. The third-order valence-corrected chi connectivity index (χ3v) is 8.61. The highest BCUT2D eigenvalue weighted by Crippen LogP contribution is 2.36. The molecule has 0 radical (unpaired) electrons. The minimum atomic E-state index is -5.01. The Morgan fingerprint density at radius 2 is 1.37 bits per heavy atom. The lowest BCUT2D eigenvalue weighted by Crippen LogP contribution is -2.48. The van der Waals surface area contributed by atoms with E-state index in [0.717, 1.165) is 30.3 Å². The molecule has 0 saturated heterocycles. The molecule has 22 nitrogen and oxygen atoms in total. The van der Waals surface area contributed by atoms with Gasteiger partial charge in [-0.2, -0.15) is 32.1 Å². The van der Waals surface area contributed by atoms with Crippen molar-refractivity contribution in [3.05, 3.63) is 134 Å². The van der Waals surface area contributed by atoms with E-state index in [0.29, 0.717) is 12.1 Å². The number of Topliss-reactive ketones (excluding diaryl/α,β-unsaturated/α-hetero) is 1. The van der Waals surface area contributed by atoms with Crippen LogP contribution in [0.3, 0.4) is 0 Å². The molecule has 0 heterocycles. The van der Waals surface area contributed by atoms with E-state index in [1.807, 2.05) is 5.43 Å². The number of nitro benzene ring substituents is 2. The van der Waals surface area contributed by atoms with Crippen LogP contribution in [-0.4, -0.2) is 52.4 Å². The summed E-state index contributed by atoms with van der Waals surface area (Å²) in [4.78, 5) is 57.4. The van der Waals surface area contributed by atoms with Crippen LogP contribution in [0.15, 0.2) is 101 Å². The molecule has 0 aliphatic heterocycles. The van der Waals surface area contributed by atoms with Gasteiger partial charge < -0.3 is 5.11 Å². The maximum Gasteiger partial charge on any atom is 0.314 e. The summed E-state index contributed by atoms with van der Waals surface area (Å²) in [7, 11) is -10.0. The maximum atomic E-state index is 13.4. The quantitative estimate of drug-likeness (QED) is 0.0564. The topological polar surface area (TPSA) is 340 Å². The highest BCUT2D eigenvalue weighted by Gasteiger charge is 2.33. The van der Waals surface area contributed by atoms with Crippen LogP contribution in [-0.2, 0) is 20.2 Å². The number of phenolic OH excluding ortho intramolecular Hbond substituents is 1. The minimum absolute atomic E-state index is 0.0337. The van der Waals surface area contributed by atoms with Gasteiger partial charge in [0.1, 0.15) is 20.8 Å². The van der Waals surface area contributed by atoms with Crippen molar-refractivity contribution in [3.8, 4) is 5.75 Å². The van der Waals surface area contributed by atoms with E-state index in [4.69, 9.17) is 0 Å². The SMILES string of the molecule is O=C1/C(=N\Nc2ccc([N+](=O)[O-])cc2)C(S(=O)(=O)O)=Cc2ccc(N/N=c3\ccc(=O)/c(=N/Nc4cc(S(=O)(=O)O)cc([N+](=O)[O-])c4O)c3=O)cc21. The average molecular weight is 755 g/mol. The zero-order valence-electron chi connectivity index (χ0n) is 25.3. The van der Waals surface area contributed by atoms with Crippen LogP contribution in [0.4, 0.5) is 28.4 Å². The number of fused-ring (bicyclic) bond motifs is 1. The molecular formula is C28H18N8O14S2. The number of non-ortho nitro benzene ring substituents is 1.